The number of aromatic nitrogens is 1. The Bertz CT molecular complexity index is 712. The Hall–Kier alpha value is -2.30. The van der Waals surface area contributed by atoms with E-state index in [-0.39, 0.29) is 12.5 Å². The first-order valence-electron chi connectivity index (χ1n) is 8.13. The van der Waals surface area contributed by atoms with Gasteiger partial charge in [0.2, 0.25) is 5.91 Å². The molecule has 2 aromatic rings. The summed E-state index contributed by atoms with van der Waals surface area (Å²) in [7, 11) is 1.60. The summed E-state index contributed by atoms with van der Waals surface area (Å²) in [6.07, 6.45) is 7.14. The van der Waals surface area contributed by atoms with Crippen molar-refractivity contribution in [3.05, 3.63) is 30.0 Å². The summed E-state index contributed by atoms with van der Waals surface area (Å²) in [5.41, 5.74) is 1.47. The lowest BCUT2D eigenvalue weighted by Gasteiger charge is -2.20. The van der Waals surface area contributed by atoms with Gasteiger partial charge in [0.25, 0.3) is 0 Å². The van der Waals surface area contributed by atoms with Gasteiger partial charge < -0.3 is 14.2 Å². The second-order valence-electron chi connectivity index (χ2n) is 6.01. The molecule has 1 saturated heterocycles. The van der Waals surface area contributed by atoms with E-state index in [4.69, 9.17) is 4.74 Å². The van der Waals surface area contributed by atoms with Crippen molar-refractivity contribution in [3.8, 4) is 5.75 Å². The molecule has 0 aliphatic carbocycles. The Labute approximate surface area is 135 Å². The number of ether oxygens (including phenoxy) is 1. The van der Waals surface area contributed by atoms with E-state index in [9.17, 15) is 9.59 Å². The van der Waals surface area contributed by atoms with Crippen LogP contribution in [0.25, 0.3) is 10.9 Å². The molecule has 1 aliphatic heterocycles. The van der Waals surface area contributed by atoms with Gasteiger partial charge >= 0.3 is 0 Å². The van der Waals surface area contributed by atoms with Crippen LogP contribution in [-0.4, -0.2) is 41.9 Å². The van der Waals surface area contributed by atoms with Crippen LogP contribution < -0.4 is 4.74 Å². The second kappa shape index (κ2) is 6.86. The van der Waals surface area contributed by atoms with E-state index in [2.05, 4.69) is 0 Å². The number of benzene rings is 1. The zero-order valence-electron chi connectivity index (χ0n) is 13.5. The highest BCUT2D eigenvalue weighted by Gasteiger charge is 2.18. The minimum atomic E-state index is 0.122. The van der Waals surface area contributed by atoms with Gasteiger partial charge in [0.1, 0.15) is 12.3 Å². The molecule has 122 valence electrons. The molecule has 23 heavy (non-hydrogen) atoms. The van der Waals surface area contributed by atoms with E-state index in [1.807, 2.05) is 27.7 Å². The maximum Gasteiger partial charge on any atom is 0.242 e. The van der Waals surface area contributed by atoms with Crippen LogP contribution in [0.3, 0.4) is 0 Å². The molecule has 0 N–H and O–H groups in total. The number of carbonyl (C=O) groups is 2. The van der Waals surface area contributed by atoms with Gasteiger partial charge in [-0.1, -0.05) is 12.8 Å². The van der Waals surface area contributed by atoms with E-state index >= 15 is 0 Å². The van der Waals surface area contributed by atoms with Crippen LogP contribution in [-0.2, 0) is 11.3 Å². The minimum absolute atomic E-state index is 0.122. The molecule has 0 atom stereocenters. The Kier molecular flexibility index (Phi) is 4.65. The van der Waals surface area contributed by atoms with Crippen LogP contribution >= 0.6 is 0 Å². The smallest absolute Gasteiger partial charge is 0.242 e. The topological polar surface area (TPSA) is 51.5 Å². The third-order valence-corrected chi connectivity index (χ3v) is 4.51. The first kappa shape index (κ1) is 15.6. The van der Waals surface area contributed by atoms with Crippen LogP contribution in [0.4, 0.5) is 0 Å². The molecule has 0 radical (unpaired) electrons. The fraction of sp³-hybridized carbons (Fsp3) is 0.444. The average Bonchev–Trinajstić information content (AvgIpc) is 2.76. The molecule has 0 bridgehead atoms. The fourth-order valence-corrected chi connectivity index (χ4v) is 3.22. The summed E-state index contributed by atoms with van der Waals surface area (Å²) in [5, 5.41) is 0.822. The predicted octanol–water partition coefficient (Wildman–Crippen LogP) is 2.87. The monoisotopic (exact) mass is 314 g/mol. The number of likely N-dealkylation sites (tertiary alicyclic amines) is 1. The Morgan fingerprint density at radius 3 is 2.61 bits per heavy atom. The third-order valence-electron chi connectivity index (χ3n) is 4.51. The third kappa shape index (κ3) is 3.23. The molecular formula is C18H22N2O3. The van der Waals surface area contributed by atoms with Crippen molar-refractivity contribution >= 4 is 23.1 Å². The van der Waals surface area contributed by atoms with E-state index in [0.29, 0.717) is 11.3 Å². The van der Waals surface area contributed by atoms with Gasteiger partial charge in [0.15, 0.2) is 6.29 Å². The molecule has 5 nitrogen and oxygen atoms in total. The number of nitrogens with zero attached hydrogens (tertiary/aromatic N) is 2. The molecule has 1 aromatic carbocycles. The molecule has 1 fully saturated rings. The van der Waals surface area contributed by atoms with Gasteiger partial charge in [0.05, 0.1) is 7.11 Å². The van der Waals surface area contributed by atoms with Crippen molar-refractivity contribution in [2.45, 2.75) is 32.2 Å². The zero-order chi connectivity index (χ0) is 16.2. The number of rotatable bonds is 4. The number of amides is 1. The largest absolute Gasteiger partial charge is 0.497 e. The Balaban J connectivity index is 1.87. The SMILES string of the molecule is COc1ccc2c(c1)c(C=O)cn2CC(=O)N1CCCCCC1. The molecule has 1 aliphatic rings. The minimum Gasteiger partial charge on any atom is -0.497 e. The molecule has 0 spiro atoms. The first-order valence-corrected chi connectivity index (χ1v) is 8.13. The van der Waals surface area contributed by atoms with Crippen molar-refractivity contribution in [1.82, 2.24) is 9.47 Å². The second-order valence-corrected chi connectivity index (χ2v) is 6.01. The van der Waals surface area contributed by atoms with E-state index in [1.54, 1.807) is 13.3 Å². The van der Waals surface area contributed by atoms with Crippen molar-refractivity contribution in [1.29, 1.82) is 0 Å². The number of methoxy groups -OCH3 is 1. The van der Waals surface area contributed by atoms with E-state index < -0.39 is 0 Å². The number of aldehydes is 1. The van der Waals surface area contributed by atoms with Crippen LogP contribution in [0, 0.1) is 0 Å². The standard InChI is InChI=1S/C18H22N2O3/c1-23-15-6-7-17-16(10-15)14(13-21)11-20(17)12-18(22)19-8-4-2-3-5-9-19/h6-7,10-11,13H,2-5,8-9,12H2,1H3. The van der Waals surface area contributed by atoms with Crippen molar-refractivity contribution in [2.75, 3.05) is 20.2 Å². The molecule has 0 saturated carbocycles. The normalized spacial score (nSPS) is 15.4. The molecule has 5 heteroatoms. The number of fused-ring (bicyclic) bond motifs is 1. The van der Waals surface area contributed by atoms with Crippen LogP contribution in [0.5, 0.6) is 5.75 Å². The molecule has 1 aromatic heterocycles. The molecule has 0 unspecified atom stereocenters. The Morgan fingerprint density at radius 1 is 1.22 bits per heavy atom. The van der Waals surface area contributed by atoms with Gasteiger partial charge in [-0.05, 0) is 31.0 Å². The molecular weight excluding hydrogens is 292 g/mol. The number of hydrogen-bond donors (Lipinski definition) is 0. The lowest BCUT2D eigenvalue weighted by Crippen LogP contribution is -2.34. The van der Waals surface area contributed by atoms with Gasteiger partial charge in [-0.15, -0.1) is 0 Å². The van der Waals surface area contributed by atoms with Gasteiger partial charge in [-0.2, -0.15) is 0 Å². The zero-order valence-corrected chi connectivity index (χ0v) is 13.5. The number of hydrogen-bond acceptors (Lipinski definition) is 3. The summed E-state index contributed by atoms with van der Waals surface area (Å²) in [6, 6.07) is 5.59. The molecule has 1 amide bonds. The highest BCUT2D eigenvalue weighted by Crippen LogP contribution is 2.25. The van der Waals surface area contributed by atoms with Crippen molar-refractivity contribution < 1.29 is 14.3 Å². The van der Waals surface area contributed by atoms with Gasteiger partial charge in [0, 0.05) is 35.8 Å². The van der Waals surface area contributed by atoms with Gasteiger partial charge in [-0.25, -0.2) is 0 Å². The highest BCUT2D eigenvalue weighted by molar-refractivity contribution is 5.98. The lowest BCUT2D eigenvalue weighted by molar-refractivity contribution is -0.131. The molecule has 3 rings (SSSR count). The first-order chi connectivity index (χ1) is 11.2. The summed E-state index contributed by atoms with van der Waals surface area (Å²) >= 11 is 0. The lowest BCUT2D eigenvalue weighted by atomic mass is 10.2. The average molecular weight is 314 g/mol. The van der Waals surface area contributed by atoms with E-state index in [0.717, 1.165) is 43.1 Å². The Morgan fingerprint density at radius 2 is 1.96 bits per heavy atom. The summed E-state index contributed by atoms with van der Waals surface area (Å²) in [4.78, 5) is 25.8. The number of carbonyl (C=O) groups excluding carboxylic acids is 2. The molecule has 2 heterocycles. The van der Waals surface area contributed by atoms with Crippen molar-refractivity contribution in [2.24, 2.45) is 0 Å². The van der Waals surface area contributed by atoms with Crippen LogP contribution in [0.1, 0.15) is 36.0 Å². The maximum absolute atomic E-state index is 12.6. The van der Waals surface area contributed by atoms with E-state index in [1.165, 1.54) is 12.8 Å². The maximum atomic E-state index is 12.6. The van der Waals surface area contributed by atoms with Gasteiger partial charge in [-0.3, -0.25) is 9.59 Å². The van der Waals surface area contributed by atoms with Crippen LogP contribution in [0.15, 0.2) is 24.4 Å². The summed E-state index contributed by atoms with van der Waals surface area (Å²) in [5.74, 6) is 0.828. The highest BCUT2D eigenvalue weighted by atomic mass is 16.5. The quantitative estimate of drug-likeness (QED) is 0.815. The predicted molar refractivity (Wildman–Crippen MR) is 88.9 cm³/mol. The van der Waals surface area contributed by atoms with Crippen LogP contribution in [0.2, 0.25) is 0 Å². The van der Waals surface area contributed by atoms with Crippen molar-refractivity contribution in [3.63, 3.8) is 0 Å². The summed E-state index contributed by atoms with van der Waals surface area (Å²) < 4.78 is 7.09. The summed E-state index contributed by atoms with van der Waals surface area (Å²) in [6.45, 7) is 1.95. The fourth-order valence-electron chi connectivity index (χ4n) is 3.22.